The van der Waals surface area contributed by atoms with E-state index in [0.29, 0.717) is 0 Å². The fourth-order valence-electron chi connectivity index (χ4n) is 2.04. The van der Waals surface area contributed by atoms with E-state index in [1.165, 1.54) is 11.5 Å². The Morgan fingerprint density at radius 2 is 2.20 bits per heavy atom. The Labute approximate surface area is 123 Å². The SMILES string of the molecule is CCc1nnsc1C(NN)c1cccc(OC(C)C)c1. The Balaban J connectivity index is 2.32. The molecule has 1 aromatic carbocycles. The number of aryl methyl sites for hydroxylation is 1. The first-order chi connectivity index (χ1) is 9.65. The molecule has 2 rings (SSSR count). The number of aromatic nitrogens is 2. The van der Waals surface area contributed by atoms with Crippen LogP contribution in [0.1, 0.15) is 42.9 Å². The molecule has 2 aromatic rings. The van der Waals surface area contributed by atoms with Gasteiger partial charge in [-0.2, -0.15) is 0 Å². The molecule has 0 saturated heterocycles. The number of ether oxygens (including phenoxy) is 1. The van der Waals surface area contributed by atoms with Gasteiger partial charge < -0.3 is 4.74 Å². The highest BCUT2D eigenvalue weighted by atomic mass is 32.1. The first-order valence-electron chi connectivity index (χ1n) is 6.69. The molecule has 0 aliphatic rings. The third-order valence-corrected chi connectivity index (χ3v) is 3.74. The molecule has 0 fully saturated rings. The van der Waals surface area contributed by atoms with Crippen LogP contribution in [0.3, 0.4) is 0 Å². The van der Waals surface area contributed by atoms with Gasteiger partial charge in [-0.05, 0) is 49.5 Å². The second-order valence-corrected chi connectivity index (χ2v) is 5.56. The van der Waals surface area contributed by atoms with Crippen LogP contribution < -0.4 is 16.0 Å². The molecule has 1 aromatic heterocycles. The standard InChI is InChI=1S/C14H20N4OS/c1-4-12-14(20-18-17-12)13(16-15)10-6-5-7-11(8-10)19-9(2)3/h5-9,13,16H,4,15H2,1-3H3. The van der Waals surface area contributed by atoms with Crippen LogP contribution in [0.4, 0.5) is 0 Å². The average Bonchev–Trinajstić information content (AvgIpc) is 2.87. The van der Waals surface area contributed by atoms with Gasteiger partial charge in [0.05, 0.1) is 22.7 Å². The van der Waals surface area contributed by atoms with Crippen LogP contribution in [0.15, 0.2) is 24.3 Å². The van der Waals surface area contributed by atoms with Gasteiger partial charge >= 0.3 is 0 Å². The number of hydrazine groups is 1. The van der Waals surface area contributed by atoms with Gasteiger partial charge in [-0.3, -0.25) is 5.84 Å². The lowest BCUT2D eigenvalue weighted by Crippen LogP contribution is -2.29. The third kappa shape index (κ3) is 3.33. The van der Waals surface area contributed by atoms with Crippen LogP contribution >= 0.6 is 11.5 Å². The van der Waals surface area contributed by atoms with E-state index >= 15 is 0 Å². The van der Waals surface area contributed by atoms with E-state index in [2.05, 4.69) is 21.9 Å². The van der Waals surface area contributed by atoms with Crippen molar-refractivity contribution in [3.63, 3.8) is 0 Å². The molecule has 0 aliphatic heterocycles. The minimum atomic E-state index is -0.110. The van der Waals surface area contributed by atoms with Crippen molar-refractivity contribution in [1.82, 2.24) is 15.0 Å². The minimum Gasteiger partial charge on any atom is -0.491 e. The molecule has 20 heavy (non-hydrogen) atoms. The molecule has 1 unspecified atom stereocenters. The molecule has 3 N–H and O–H groups in total. The molecular formula is C14H20N4OS. The topological polar surface area (TPSA) is 73.1 Å². The lowest BCUT2D eigenvalue weighted by molar-refractivity contribution is 0.242. The molecule has 0 amide bonds. The van der Waals surface area contributed by atoms with Crippen LogP contribution in [0.2, 0.25) is 0 Å². The predicted octanol–water partition coefficient (Wildman–Crippen LogP) is 2.44. The van der Waals surface area contributed by atoms with Crippen LogP contribution in [0.25, 0.3) is 0 Å². The molecular weight excluding hydrogens is 272 g/mol. The monoisotopic (exact) mass is 292 g/mol. The summed E-state index contributed by atoms with van der Waals surface area (Å²) < 4.78 is 9.75. The van der Waals surface area contributed by atoms with Crippen LogP contribution in [-0.4, -0.2) is 15.7 Å². The molecule has 0 bridgehead atoms. The molecule has 0 radical (unpaired) electrons. The molecule has 0 spiro atoms. The van der Waals surface area contributed by atoms with Crippen molar-refractivity contribution < 1.29 is 4.74 Å². The second-order valence-electron chi connectivity index (χ2n) is 4.78. The van der Waals surface area contributed by atoms with Gasteiger partial charge in [0.25, 0.3) is 0 Å². The molecule has 5 nitrogen and oxygen atoms in total. The minimum absolute atomic E-state index is 0.110. The first-order valence-corrected chi connectivity index (χ1v) is 7.46. The maximum atomic E-state index is 5.73. The van der Waals surface area contributed by atoms with E-state index in [0.717, 1.165) is 28.3 Å². The van der Waals surface area contributed by atoms with Crippen molar-refractivity contribution in [3.8, 4) is 5.75 Å². The number of hydrogen-bond acceptors (Lipinski definition) is 6. The molecule has 6 heteroatoms. The maximum absolute atomic E-state index is 5.73. The zero-order valence-electron chi connectivity index (χ0n) is 12.0. The van der Waals surface area contributed by atoms with Crippen molar-refractivity contribution in [2.75, 3.05) is 0 Å². The first kappa shape index (κ1) is 14.9. The predicted molar refractivity (Wildman–Crippen MR) is 80.7 cm³/mol. The van der Waals surface area contributed by atoms with Gasteiger partial charge in [-0.15, -0.1) is 5.10 Å². The highest BCUT2D eigenvalue weighted by Gasteiger charge is 2.19. The van der Waals surface area contributed by atoms with E-state index in [4.69, 9.17) is 10.6 Å². The number of rotatable bonds is 6. The number of nitrogens with one attached hydrogen (secondary N) is 1. The molecule has 0 aliphatic carbocycles. The van der Waals surface area contributed by atoms with E-state index in [-0.39, 0.29) is 12.1 Å². The largest absolute Gasteiger partial charge is 0.491 e. The van der Waals surface area contributed by atoms with Crippen molar-refractivity contribution in [3.05, 3.63) is 40.4 Å². The quantitative estimate of drug-likeness (QED) is 0.632. The number of benzene rings is 1. The third-order valence-electron chi connectivity index (χ3n) is 2.91. The van der Waals surface area contributed by atoms with E-state index in [1.807, 2.05) is 38.1 Å². The van der Waals surface area contributed by atoms with Crippen molar-refractivity contribution in [1.29, 1.82) is 0 Å². The Bertz CT molecular complexity index is 556. The van der Waals surface area contributed by atoms with Crippen LogP contribution in [0, 0.1) is 0 Å². The lowest BCUT2D eigenvalue weighted by Gasteiger charge is -2.17. The summed E-state index contributed by atoms with van der Waals surface area (Å²) in [5.41, 5.74) is 4.88. The molecule has 1 heterocycles. The summed E-state index contributed by atoms with van der Waals surface area (Å²) in [5, 5.41) is 4.14. The van der Waals surface area contributed by atoms with E-state index in [1.54, 1.807) is 0 Å². The average molecular weight is 292 g/mol. The highest BCUT2D eigenvalue weighted by Crippen LogP contribution is 2.29. The number of nitrogens with two attached hydrogens (primary N) is 1. The summed E-state index contributed by atoms with van der Waals surface area (Å²) in [6.07, 6.45) is 0.984. The maximum Gasteiger partial charge on any atom is 0.120 e. The van der Waals surface area contributed by atoms with Gasteiger partial charge in [-0.1, -0.05) is 23.5 Å². The zero-order valence-corrected chi connectivity index (χ0v) is 12.8. The zero-order chi connectivity index (χ0) is 14.5. The van der Waals surface area contributed by atoms with Crippen molar-refractivity contribution in [2.45, 2.75) is 39.3 Å². The summed E-state index contributed by atoms with van der Waals surface area (Å²) in [5.74, 6) is 6.57. The second kappa shape index (κ2) is 6.78. The molecule has 108 valence electrons. The summed E-state index contributed by atoms with van der Waals surface area (Å²) in [6, 6.07) is 7.83. The lowest BCUT2D eigenvalue weighted by atomic mass is 10.0. The Kier molecular flexibility index (Phi) is 5.05. The smallest absolute Gasteiger partial charge is 0.120 e. The van der Waals surface area contributed by atoms with Crippen molar-refractivity contribution >= 4 is 11.5 Å². The summed E-state index contributed by atoms with van der Waals surface area (Å²) in [4.78, 5) is 1.05. The van der Waals surface area contributed by atoms with Gasteiger partial charge in [0.2, 0.25) is 0 Å². The summed E-state index contributed by atoms with van der Waals surface area (Å²) >= 11 is 1.38. The van der Waals surface area contributed by atoms with Gasteiger partial charge in [-0.25, -0.2) is 5.43 Å². The number of hydrogen-bond donors (Lipinski definition) is 2. The fourth-order valence-corrected chi connectivity index (χ4v) is 2.87. The molecule has 1 atom stereocenters. The van der Waals surface area contributed by atoms with Crippen LogP contribution in [-0.2, 0) is 6.42 Å². The van der Waals surface area contributed by atoms with E-state index in [9.17, 15) is 0 Å². The van der Waals surface area contributed by atoms with Gasteiger partial charge in [0.15, 0.2) is 0 Å². The molecule has 0 saturated carbocycles. The highest BCUT2D eigenvalue weighted by molar-refractivity contribution is 7.05. The Morgan fingerprint density at radius 1 is 1.40 bits per heavy atom. The summed E-state index contributed by atoms with van der Waals surface area (Å²) in [7, 11) is 0. The van der Waals surface area contributed by atoms with Gasteiger partial charge in [0, 0.05) is 0 Å². The Morgan fingerprint density at radius 3 is 2.85 bits per heavy atom. The fraction of sp³-hybridized carbons (Fsp3) is 0.429. The Hall–Kier alpha value is -1.50. The van der Waals surface area contributed by atoms with Gasteiger partial charge in [0.1, 0.15) is 5.75 Å². The van der Waals surface area contributed by atoms with Crippen molar-refractivity contribution in [2.24, 2.45) is 5.84 Å². The van der Waals surface area contributed by atoms with E-state index < -0.39 is 0 Å². The number of nitrogens with zero attached hydrogens (tertiary/aromatic N) is 2. The summed E-state index contributed by atoms with van der Waals surface area (Å²) in [6.45, 7) is 6.08. The van der Waals surface area contributed by atoms with Crippen LogP contribution in [0.5, 0.6) is 5.75 Å². The normalized spacial score (nSPS) is 12.7.